The summed E-state index contributed by atoms with van der Waals surface area (Å²) in [6, 6.07) is 15.8. The first kappa shape index (κ1) is 17.8. The number of hydrogen-bond donors (Lipinski definition) is 1. The van der Waals surface area contributed by atoms with E-state index in [2.05, 4.69) is 17.4 Å². The van der Waals surface area contributed by atoms with Crippen molar-refractivity contribution in [1.82, 2.24) is 5.32 Å². The van der Waals surface area contributed by atoms with Crippen molar-refractivity contribution < 1.29 is 4.79 Å². The molecule has 0 saturated carbocycles. The molecule has 1 amide bonds. The van der Waals surface area contributed by atoms with Crippen LogP contribution in [0.2, 0.25) is 10.0 Å². The summed E-state index contributed by atoms with van der Waals surface area (Å²) < 4.78 is 0. The molecule has 2 nitrogen and oxygen atoms in total. The molecule has 23 heavy (non-hydrogen) atoms. The Hall–Kier alpha value is -1.51. The van der Waals surface area contributed by atoms with Crippen LogP contribution in [-0.4, -0.2) is 11.9 Å². The highest BCUT2D eigenvalue weighted by molar-refractivity contribution is 6.36. The molecular weight excluding hydrogens is 329 g/mol. The van der Waals surface area contributed by atoms with E-state index in [1.54, 1.807) is 18.2 Å². The number of rotatable bonds is 7. The second kappa shape index (κ2) is 8.95. The third-order valence-electron chi connectivity index (χ3n) is 3.78. The molecule has 122 valence electrons. The molecule has 0 saturated heterocycles. The first-order valence-corrected chi connectivity index (χ1v) is 8.58. The van der Waals surface area contributed by atoms with Crippen LogP contribution in [0.15, 0.2) is 48.5 Å². The highest BCUT2D eigenvalue weighted by atomic mass is 35.5. The first-order chi connectivity index (χ1) is 11.1. The summed E-state index contributed by atoms with van der Waals surface area (Å²) in [5, 5.41) is 4.26. The van der Waals surface area contributed by atoms with Gasteiger partial charge in [-0.25, -0.2) is 0 Å². The topological polar surface area (TPSA) is 29.1 Å². The number of benzene rings is 2. The zero-order valence-electron chi connectivity index (χ0n) is 13.2. The fourth-order valence-corrected chi connectivity index (χ4v) is 3.04. The van der Waals surface area contributed by atoms with Gasteiger partial charge in [-0.3, -0.25) is 4.79 Å². The van der Waals surface area contributed by atoms with Crippen molar-refractivity contribution in [1.29, 1.82) is 0 Å². The van der Waals surface area contributed by atoms with Crippen molar-refractivity contribution >= 4 is 29.1 Å². The van der Waals surface area contributed by atoms with Crippen LogP contribution in [0.4, 0.5) is 0 Å². The summed E-state index contributed by atoms with van der Waals surface area (Å²) in [5.74, 6) is 0.0292. The Balaban J connectivity index is 1.76. The van der Waals surface area contributed by atoms with Crippen molar-refractivity contribution in [3.05, 3.63) is 69.7 Å². The van der Waals surface area contributed by atoms with Gasteiger partial charge in [0.2, 0.25) is 5.91 Å². The van der Waals surface area contributed by atoms with Gasteiger partial charge in [-0.2, -0.15) is 0 Å². The second-order valence-corrected chi connectivity index (χ2v) is 6.51. The molecule has 0 aromatic heterocycles. The Morgan fingerprint density at radius 2 is 1.65 bits per heavy atom. The molecule has 0 radical (unpaired) electrons. The van der Waals surface area contributed by atoms with Crippen LogP contribution < -0.4 is 5.32 Å². The largest absolute Gasteiger partial charge is 0.354 e. The first-order valence-electron chi connectivity index (χ1n) is 7.82. The number of halogens is 2. The molecule has 0 spiro atoms. The molecule has 1 N–H and O–H groups in total. The van der Waals surface area contributed by atoms with E-state index in [4.69, 9.17) is 23.2 Å². The Morgan fingerprint density at radius 3 is 2.30 bits per heavy atom. The zero-order valence-corrected chi connectivity index (χ0v) is 14.7. The number of hydrogen-bond acceptors (Lipinski definition) is 1. The fourth-order valence-electron chi connectivity index (χ4n) is 2.46. The van der Waals surface area contributed by atoms with Gasteiger partial charge in [0.1, 0.15) is 0 Å². The molecule has 1 unspecified atom stereocenters. The predicted octanol–water partition coefficient (Wildman–Crippen LogP) is 5.06. The van der Waals surface area contributed by atoms with E-state index in [0.717, 1.165) is 18.4 Å². The van der Waals surface area contributed by atoms with Gasteiger partial charge in [0.15, 0.2) is 0 Å². The molecule has 1 atom stereocenters. The Morgan fingerprint density at radius 1 is 1.00 bits per heavy atom. The summed E-state index contributed by atoms with van der Waals surface area (Å²) in [6.45, 7) is 2.03. The van der Waals surface area contributed by atoms with Crippen LogP contribution in [0, 0.1) is 0 Å². The molecule has 2 rings (SSSR count). The zero-order chi connectivity index (χ0) is 16.7. The molecule has 0 fully saturated rings. The van der Waals surface area contributed by atoms with Crippen LogP contribution in [0.5, 0.6) is 0 Å². The molecule has 0 bridgehead atoms. The minimum Gasteiger partial charge on any atom is -0.354 e. The van der Waals surface area contributed by atoms with Crippen LogP contribution in [0.25, 0.3) is 0 Å². The van der Waals surface area contributed by atoms with Gasteiger partial charge < -0.3 is 5.32 Å². The fraction of sp³-hybridized carbons (Fsp3) is 0.316. The Kier molecular flexibility index (Phi) is 6.94. The summed E-state index contributed by atoms with van der Waals surface area (Å²) in [7, 11) is 0. The van der Waals surface area contributed by atoms with Gasteiger partial charge in [0.05, 0.1) is 0 Å². The molecule has 2 aromatic carbocycles. The van der Waals surface area contributed by atoms with E-state index < -0.39 is 0 Å². The summed E-state index contributed by atoms with van der Waals surface area (Å²) in [5.41, 5.74) is 2.12. The summed E-state index contributed by atoms with van der Waals surface area (Å²) >= 11 is 12.2. The quantitative estimate of drug-likeness (QED) is 0.743. The summed E-state index contributed by atoms with van der Waals surface area (Å²) in [4.78, 5) is 12.1. The maximum atomic E-state index is 12.1. The van der Waals surface area contributed by atoms with E-state index in [-0.39, 0.29) is 11.9 Å². The van der Waals surface area contributed by atoms with E-state index in [1.165, 1.54) is 5.56 Å². The molecule has 4 heteroatoms. The lowest BCUT2D eigenvalue weighted by Gasteiger charge is -2.14. The van der Waals surface area contributed by atoms with Crippen molar-refractivity contribution in [3.8, 4) is 0 Å². The van der Waals surface area contributed by atoms with Gasteiger partial charge in [0, 0.05) is 22.5 Å². The van der Waals surface area contributed by atoms with Gasteiger partial charge >= 0.3 is 0 Å². The highest BCUT2D eigenvalue weighted by Gasteiger charge is 2.11. The standard InChI is InChI=1S/C19H21Cl2NO/c1-14(10-11-15-6-3-2-4-7-15)22-19(23)13-12-16-17(20)8-5-9-18(16)21/h2-9,14H,10-13H2,1H3,(H,22,23). The number of amides is 1. The van der Waals surface area contributed by atoms with E-state index >= 15 is 0 Å². The average Bonchev–Trinajstić information content (AvgIpc) is 2.53. The van der Waals surface area contributed by atoms with E-state index in [0.29, 0.717) is 22.9 Å². The van der Waals surface area contributed by atoms with Gasteiger partial charge in [-0.1, -0.05) is 59.6 Å². The second-order valence-electron chi connectivity index (χ2n) is 5.69. The maximum Gasteiger partial charge on any atom is 0.220 e. The van der Waals surface area contributed by atoms with Crippen LogP contribution in [0.3, 0.4) is 0 Å². The highest BCUT2D eigenvalue weighted by Crippen LogP contribution is 2.25. The minimum absolute atomic E-state index is 0.0292. The molecule has 0 heterocycles. The lowest BCUT2D eigenvalue weighted by atomic mass is 10.1. The lowest BCUT2D eigenvalue weighted by molar-refractivity contribution is -0.121. The number of aryl methyl sites for hydroxylation is 1. The average molecular weight is 350 g/mol. The smallest absolute Gasteiger partial charge is 0.220 e. The van der Waals surface area contributed by atoms with Crippen LogP contribution >= 0.6 is 23.2 Å². The predicted molar refractivity (Wildman–Crippen MR) is 97.2 cm³/mol. The maximum absolute atomic E-state index is 12.1. The van der Waals surface area contributed by atoms with Crippen LogP contribution in [0.1, 0.15) is 30.9 Å². The number of nitrogens with one attached hydrogen (secondary N) is 1. The number of carbonyl (C=O) groups is 1. The van der Waals surface area contributed by atoms with E-state index in [1.807, 2.05) is 25.1 Å². The van der Waals surface area contributed by atoms with Crippen molar-refractivity contribution in [3.63, 3.8) is 0 Å². The third kappa shape index (κ3) is 5.89. The van der Waals surface area contributed by atoms with Crippen molar-refractivity contribution in [2.45, 2.75) is 38.6 Å². The monoisotopic (exact) mass is 349 g/mol. The molecule has 0 aliphatic heterocycles. The Labute approximate surface area is 147 Å². The van der Waals surface area contributed by atoms with E-state index in [9.17, 15) is 4.79 Å². The summed E-state index contributed by atoms with van der Waals surface area (Å²) in [6.07, 6.45) is 2.82. The normalized spacial score (nSPS) is 12.0. The van der Waals surface area contributed by atoms with Crippen molar-refractivity contribution in [2.24, 2.45) is 0 Å². The van der Waals surface area contributed by atoms with Gasteiger partial charge in [-0.05, 0) is 49.4 Å². The van der Waals surface area contributed by atoms with Crippen molar-refractivity contribution in [2.75, 3.05) is 0 Å². The molecule has 0 aliphatic carbocycles. The number of carbonyl (C=O) groups excluding carboxylic acids is 1. The molecular formula is C19H21Cl2NO. The molecule has 2 aromatic rings. The van der Waals surface area contributed by atoms with Gasteiger partial charge in [-0.15, -0.1) is 0 Å². The Bertz CT molecular complexity index is 623. The SMILES string of the molecule is CC(CCc1ccccc1)NC(=O)CCc1c(Cl)cccc1Cl. The van der Waals surface area contributed by atoms with Crippen LogP contribution in [-0.2, 0) is 17.6 Å². The van der Waals surface area contributed by atoms with Gasteiger partial charge in [0.25, 0.3) is 0 Å². The molecule has 0 aliphatic rings. The lowest BCUT2D eigenvalue weighted by Crippen LogP contribution is -2.33. The minimum atomic E-state index is 0.0292. The third-order valence-corrected chi connectivity index (χ3v) is 4.49.